The molecule has 0 radical (unpaired) electrons. The Balaban J connectivity index is 1.55. The van der Waals surface area contributed by atoms with Gasteiger partial charge in [-0.3, -0.25) is 29.8 Å². The Morgan fingerprint density at radius 1 is 0.851 bits per heavy atom. The normalized spacial score (nSPS) is 11.1. The lowest BCUT2D eigenvalue weighted by atomic mass is 10.1. The van der Waals surface area contributed by atoms with Gasteiger partial charge in [0.1, 0.15) is 5.70 Å². The van der Waals surface area contributed by atoms with Gasteiger partial charge >= 0.3 is 5.69 Å². The summed E-state index contributed by atoms with van der Waals surface area (Å²) in [6.45, 7) is 1.95. The van der Waals surface area contributed by atoms with Gasteiger partial charge in [-0.15, -0.1) is 0 Å². The molecule has 47 heavy (non-hydrogen) atoms. The van der Waals surface area contributed by atoms with Crippen LogP contribution in [-0.2, 0) is 4.79 Å². The summed E-state index contributed by atoms with van der Waals surface area (Å²) in [7, 11) is 3.82. The molecule has 2 amide bonds. The first-order chi connectivity index (χ1) is 22.5. The Morgan fingerprint density at radius 3 is 2.17 bits per heavy atom. The van der Waals surface area contributed by atoms with Gasteiger partial charge < -0.3 is 19.7 Å². The molecule has 0 aromatic heterocycles. The number of benzene rings is 4. The number of nitrogens with zero attached hydrogens (tertiary/aromatic N) is 4. The van der Waals surface area contributed by atoms with Crippen molar-refractivity contribution >= 4 is 41.2 Å². The molecule has 14 heteroatoms. The van der Waals surface area contributed by atoms with E-state index in [1.54, 1.807) is 43.3 Å². The number of hydrogen-bond donors (Lipinski definition) is 2. The van der Waals surface area contributed by atoms with Gasteiger partial charge in [0.15, 0.2) is 11.5 Å². The van der Waals surface area contributed by atoms with Crippen molar-refractivity contribution < 1.29 is 28.9 Å². The van der Waals surface area contributed by atoms with Crippen LogP contribution in [0.3, 0.4) is 0 Å². The van der Waals surface area contributed by atoms with Gasteiger partial charge in [-0.25, -0.2) is 5.43 Å². The molecule has 0 spiro atoms. The van der Waals surface area contributed by atoms with Crippen LogP contribution in [0.15, 0.2) is 102 Å². The zero-order valence-electron chi connectivity index (χ0n) is 25.6. The number of nitro benzene ring substituents is 2. The molecule has 0 bridgehead atoms. The highest BCUT2D eigenvalue weighted by molar-refractivity contribution is 6.05. The molecule has 4 aromatic rings. The highest BCUT2D eigenvalue weighted by Gasteiger charge is 2.22. The van der Waals surface area contributed by atoms with E-state index >= 15 is 0 Å². The lowest BCUT2D eigenvalue weighted by Crippen LogP contribution is -2.32. The third kappa shape index (κ3) is 8.98. The first kappa shape index (κ1) is 33.3. The van der Waals surface area contributed by atoms with Crippen LogP contribution in [0.1, 0.15) is 28.4 Å². The summed E-state index contributed by atoms with van der Waals surface area (Å²) < 4.78 is 11.4. The number of ether oxygens (including phenoxy) is 2. The third-order valence-corrected chi connectivity index (χ3v) is 6.47. The third-order valence-electron chi connectivity index (χ3n) is 6.47. The number of non-ortho nitro benzene ring substituents is 1. The minimum atomic E-state index is -0.782. The minimum Gasteiger partial charge on any atom is -0.490 e. The number of anilines is 1. The van der Waals surface area contributed by atoms with Crippen LogP contribution in [0.25, 0.3) is 6.08 Å². The molecule has 0 aliphatic rings. The van der Waals surface area contributed by atoms with Crippen molar-refractivity contribution in [2.45, 2.75) is 6.92 Å². The Hall–Kier alpha value is -6.57. The van der Waals surface area contributed by atoms with Crippen molar-refractivity contribution in [2.75, 3.05) is 25.6 Å². The minimum absolute atomic E-state index is 0.0444. The second kappa shape index (κ2) is 15.4. The predicted octanol–water partition coefficient (Wildman–Crippen LogP) is 5.68. The summed E-state index contributed by atoms with van der Waals surface area (Å²) in [5.41, 5.74) is 3.79. The topological polar surface area (TPSA) is 179 Å². The Morgan fingerprint density at radius 2 is 1.53 bits per heavy atom. The van der Waals surface area contributed by atoms with Crippen LogP contribution in [0.2, 0.25) is 0 Å². The second-order valence-electron chi connectivity index (χ2n) is 9.97. The largest absolute Gasteiger partial charge is 0.490 e. The fourth-order valence-corrected chi connectivity index (χ4v) is 4.13. The molecule has 2 N–H and O–H groups in total. The summed E-state index contributed by atoms with van der Waals surface area (Å²) >= 11 is 0. The Labute approximate surface area is 269 Å². The Kier molecular flexibility index (Phi) is 10.9. The second-order valence-corrected chi connectivity index (χ2v) is 9.97. The van der Waals surface area contributed by atoms with Crippen LogP contribution in [0.5, 0.6) is 17.2 Å². The molecular weight excluding hydrogens is 608 g/mol. The molecule has 0 fully saturated rings. The van der Waals surface area contributed by atoms with E-state index in [1.165, 1.54) is 24.4 Å². The molecule has 4 rings (SSSR count). The van der Waals surface area contributed by atoms with E-state index in [0.29, 0.717) is 16.7 Å². The number of carbonyl (C=O) groups is 2. The molecule has 0 saturated carbocycles. The van der Waals surface area contributed by atoms with Gasteiger partial charge in [-0.05, 0) is 72.7 Å². The quantitative estimate of drug-likeness (QED) is 0.0806. The maximum absolute atomic E-state index is 13.2. The highest BCUT2D eigenvalue weighted by Crippen LogP contribution is 2.38. The van der Waals surface area contributed by atoms with Gasteiger partial charge in [-0.1, -0.05) is 30.3 Å². The molecule has 14 nitrogen and oxygen atoms in total. The van der Waals surface area contributed by atoms with Crippen LogP contribution in [0.4, 0.5) is 17.1 Å². The number of hydrazone groups is 1. The summed E-state index contributed by atoms with van der Waals surface area (Å²) in [5, 5.41) is 29.3. The average molecular weight is 639 g/mol. The SMILES string of the molecule is CCOc1cc(/C=N\NC(=O)/C(=C\c2ccc(N(C)C)cc2)NC(=O)c2ccccc2)ccc1Oc1ccc([N+](=O)[O-])cc1[N+](=O)[O-]. The summed E-state index contributed by atoms with van der Waals surface area (Å²) in [5.74, 6) is -1.07. The molecule has 0 unspecified atom stereocenters. The molecule has 0 saturated heterocycles. The number of nitro groups is 2. The van der Waals surface area contributed by atoms with Gasteiger partial charge in [0.25, 0.3) is 17.5 Å². The highest BCUT2D eigenvalue weighted by atomic mass is 16.6. The van der Waals surface area contributed by atoms with Gasteiger partial charge in [0.05, 0.1) is 28.7 Å². The molecular formula is C33H30N6O8. The fourth-order valence-electron chi connectivity index (χ4n) is 4.13. The lowest BCUT2D eigenvalue weighted by Gasteiger charge is -2.13. The summed E-state index contributed by atoms with van der Waals surface area (Å²) in [4.78, 5) is 49.1. The standard InChI is InChI=1S/C33H30N6O8/c1-4-46-31-19-23(12-16-30(31)47-29-17-15-26(38(42)43)20-28(29)39(44)45)21-34-36-33(41)27(35-32(40)24-8-6-5-7-9-24)18-22-10-13-25(14-11-22)37(2)3/h5-21H,4H2,1-3H3,(H,35,40)(H,36,41)/b27-18+,34-21-. The van der Waals surface area contributed by atoms with E-state index in [0.717, 1.165) is 23.9 Å². The van der Waals surface area contributed by atoms with Crippen molar-refractivity contribution in [3.05, 3.63) is 134 Å². The van der Waals surface area contributed by atoms with Crippen LogP contribution >= 0.6 is 0 Å². The zero-order chi connectivity index (χ0) is 33.9. The van der Waals surface area contributed by atoms with E-state index in [9.17, 15) is 29.8 Å². The molecule has 0 aliphatic carbocycles. The maximum atomic E-state index is 13.2. The monoisotopic (exact) mass is 638 g/mol. The number of hydrogen-bond acceptors (Lipinski definition) is 10. The van der Waals surface area contributed by atoms with Crippen molar-refractivity contribution in [1.29, 1.82) is 0 Å². The fraction of sp³-hybridized carbons (Fsp3) is 0.121. The van der Waals surface area contributed by atoms with Crippen LogP contribution in [0, 0.1) is 20.2 Å². The van der Waals surface area contributed by atoms with E-state index < -0.39 is 33.0 Å². The van der Waals surface area contributed by atoms with E-state index in [-0.39, 0.29) is 29.6 Å². The molecule has 0 atom stereocenters. The number of amides is 2. The van der Waals surface area contributed by atoms with E-state index in [1.807, 2.05) is 43.3 Å². The molecule has 240 valence electrons. The number of nitrogens with one attached hydrogen (secondary N) is 2. The zero-order valence-corrected chi connectivity index (χ0v) is 25.6. The van der Waals surface area contributed by atoms with Crippen molar-refractivity contribution in [2.24, 2.45) is 5.10 Å². The van der Waals surface area contributed by atoms with Crippen LogP contribution in [-0.4, -0.2) is 48.6 Å². The van der Waals surface area contributed by atoms with Crippen molar-refractivity contribution in [3.8, 4) is 17.2 Å². The first-order valence-electron chi connectivity index (χ1n) is 14.1. The number of rotatable bonds is 13. The average Bonchev–Trinajstić information content (AvgIpc) is 3.06. The van der Waals surface area contributed by atoms with Crippen LogP contribution < -0.4 is 25.1 Å². The van der Waals surface area contributed by atoms with Crippen molar-refractivity contribution in [3.63, 3.8) is 0 Å². The molecule has 0 aliphatic heterocycles. The summed E-state index contributed by atoms with van der Waals surface area (Å²) in [6.07, 6.45) is 2.86. The van der Waals surface area contributed by atoms with Crippen molar-refractivity contribution in [1.82, 2.24) is 10.7 Å². The van der Waals surface area contributed by atoms with E-state index in [2.05, 4.69) is 15.8 Å². The van der Waals surface area contributed by atoms with E-state index in [4.69, 9.17) is 9.47 Å². The van der Waals surface area contributed by atoms with Gasteiger partial charge in [-0.2, -0.15) is 5.10 Å². The van der Waals surface area contributed by atoms with Gasteiger partial charge in [0.2, 0.25) is 5.75 Å². The summed E-state index contributed by atoms with van der Waals surface area (Å²) in [6, 6.07) is 23.4. The maximum Gasteiger partial charge on any atom is 0.318 e. The first-order valence-corrected chi connectivity index (χ1v) is 14.1. The lowest BCUT2D eigenvalue weighted by molar-refractivity contribution is -0.394. The van der Waals surface area contributed by atoms with Gasteiger partial charge in [0, 0.05) is 31.4 Å². The smallest absolute Gasteiger partial charge is 0.318 e. The molecule has 0 heterocycles. The molecule has 4 aromatic carbocycles. The Bertz CT molecular complexity index is 1840. The predicted molar refractivity (Wildman–Crippen MR) is 176 cm³/mol. The number of carbonyl (C=O) groups excluding carboxylic acids is 2.